The third-order valence-electron chi connectivity index (χ3n) is 4.14. The standard InChI is InChI=1S/C17H27N/c1-5-14-8-6-7-9-16(14)18-15-10-13(2)11-17(3,4)12-15/h6-9,13,15,18H,5,10-12H2,1-4H3. The van der Waals surface area contributed by atoms with Gasteiger partial charge in [0.2, 0.25) is 0 Å². The average molecular weight is 245 g/mol. The van der Waals surface area contributed by atoms with Gasteiger partial charge in [-0.2, -0.15) is 0 Å². The van der Waals surface area contributed by atoms with E-state index in [0.29, 0.717) is 11.5 Å². The van der Waals surface area contributed by atoms with Gasteiger partial charge in [-0.1, -0.05) is 45.9 Å². The zero-order valence-electron chi connectivity index (χ0n) is 12.3. The second-order valence-electron chi connectivity index (χ2n) is 6.77. The van der Waals surface area contributed by atoms with Crippen molar-refractivity contribution in [3.63, 3.8) is 0 Å². The molecule has 100 valence electrons. The Morgan fingerprint density at radius 1 is 1.22 bits per heavy atom. The molecule has 0 amide bonds. The number of aryl methyl sites for hydroxylation is 1. The van der Waals surface area contributed by atoms with Crippen molar-refractivity contribution in [2.45, 2.75) is 59.4 Å². The summed E-state index contributed by atoms with van der Waals surface area (Å²) in [6, 6.07) is 9.37. The van der Waals surface area contributed by atoms with Crippen molar-refractivity contribution in [3.05, 3.63) is 29.8 Å². The van der Waals surface area contributed by atoms with E-state index >= 15 is 0 Å². The molecule has 0 heterocycles. The van der Waals surface area contributed by atoms with Crippen LogP contribution in [-0.4, -0.2) is 6.04 Å². The van der Waals surface area contributed by atoms with Gasteiger partial charge in [-0.25, -0.2) is 0 Å². The molecule has 1 N–H and O–H groups in total. The number of rotatable bonds is 3. The topological polar surface area (TPSA) is 12.0 Å². The van der Waals surface area contributed by atoms with Gasteiger partial charge in [-0.05, 0) is 48.6 Å². The van der Waals surface area contributed by atoms with Crippen molar-refractivity contribution >= 4 is 5.69 Å². The molecule has 2 unspecified atom stereocenters. The van der Waals surface area contributed by atoms with E-state index in [0.717, 1.165) is 12.3 Å². The first-order valence-corrected chi connectivity index (χ1v) is 7.34. The van der Waals surface area contributed by atoms with Crippen LogP contribution in [0.25, 0.3) is 0 Å². The summed E-state index contributed by atoms with van der Waals surface area (Å²) in [7, 11) is 0. The Balaban J connectivity index is 2.09. The Morgan fingerprint density at radius 2 is 1.94 bits per heavy atom. The molecule has 1 nitrogen and oxygen atoms in total. The smallest absolute Gasteiger partial charge is 0.0374 e. The third-order valence-corrected chi connectivity index (χ3v) is 4.14. The molecular formula is C17H27N. The molecule has 1 aliphatic carbocycles. The maximum absolute atomic E-state index is 3.79. The molecule has 1 aromatic rings. The van der Waals surface area contributed by atoms with Crippen molar-refractivity contribution in [2.24, 2.45) is 11.3 Å². The van der Waals surface area contributed by atoms with Gasteiger partial charge >= 0.3 is 0 Å². The van der Waals surface area contributed by atoms with E-state index < -0.39 is 0 Å². The maximum atomic E-state index is 3.79. The van der Waals surface area contributed by atoms with Crippen LogP contribution in [0.15, 0.2) is 24.3 Å². The fourth-order valence-corrected chi connectivity index (χ4v) is 3.65. The molecule has 0 bridgehead atoms. The Hall–Kier alpha value is -0.980. The van der Waals surface area contributed by atoms with E-state index in [1.807, 2.05) is 0 Å². The van der Waals surface area contributed by atoms with Gasteiger partial charge in [0.1, 0.15) is 0 Å². The Labute approximate surface area is 112 Å². The zero-order valence-corrected chi connectivity index (χ0v) is 12.3. The molecule has 0 aromatic heterocycles. The van der Waals surface area contributed by atoms with Gasteiger partial charge in [0.05, 0.1) is 0 Å². The van der Waals surface area contributed by atoms with E-state index in [-0.39, 0.29) is 0 Å². The van der Waals surface area contributed by atoms with E-state index in [2.05, 4.69) is 57.3 Å². The van der Waals surface area contributed by atoms with E-state index in [4.69, 9.17) is 0 Å². The molecule has 1 aromatic carbocycles. The molecule has 0 saturated heterocycles. The number of benzene rings is 1. The lowest BCUT2D eigenvalue weighted by Crippen LogP contribution is -2.35. The van der Waals surface area contributed by atoms with Crippen LogP contribution in [0.4, 0.5) is 5.69 Å². The van der Waals surface area contributed by atoms with Crippen LogP contribution < -0.4 is 5.32 Å². The minimum absolute atomic E-state index is 0.483. The highest BCUT2D eigenvalue weighted by atomic mass is 14.9. The highest BCUT2D eigenvalue weighted by Gasteiger charge is 2.31. The molecule has 1 heteroatoms. The largest absolute Gasteiger partial charge is 0.382 e. The first kappa shape index (κ1) is 13.5. The van der Waals surface area contributed by atoms with Gasteiger partial charge in [-0.3, -0.25) is 0 Å². The highest BCUT2D eigenvalue weighted by Crippen LogP contribution is 2.39. The summed E-state index contributed by atoms with van der Waals surface area (Å²) in [4.78, 5) is 0. The molecule has 1 fully saturated rings. The van der Waals surface area contributed by atoms with Gasteiger partial charge in [0.25, 0.3) is 0 Å². The summed E-state index contributed by atoms with van der Waals surface area (Å²) in [5, 5.41) is 3.79. The van der Waals surface area contributed by atoms with Crippen molar-refractivity contribution in [3.8, 4) is 0 Å². The summed E-state index contributed by atoms with van der Waals surface area (Å²) in [5.41, 5.74) is 3.26. The second-order valence-corrected chi connectivity index (χ2v) is 6.77. The minimum Gasteiger partial charge on any atom is -0.382 e. The number of nitrogens with one attached hydrogen (secondary N) is 1. The Bertz CT molecular complexity index is 394. The summed E-state index contributed by atoms with van der Waals surface area (Å²) < 4.78 is 0. The first-order chi connectivity index (χ1) is 8.50. The fraction of sp³-hybridized carbons (Fsp3) is 0.647. The summed E-state index contributed by atoms with van der Waals surface area (Å²) in [5.74, 6) is 0.833. The zero-order chi connectivity index (χ0) is 13.2. The minimum atomic E-state index is 0.483. The SMILES string of the molecule is CCc1ccccc1NC1CC(C)CC(C)(C)C1. The lowest BCUT2D eigenvalue weighted by molar-refractivity contribution is 0.178. The normalized spacial score (nSPS) is 26.9. The van der Waals surface area contributed by atoms with Gasteiger partial charge in [-0.15, -0.1) is 0 Å². The van der Waals surface area contributed by atoms with Crippen molar-refractivity contribution in [1.82, 2.24) is 0 Å². The summed E-state index contributed by atoms with van der Waals surface area (Å²) in [6.45, 7) is 9.43. The predicted molar refractivity (Wildman–Crippen MR) is 80.0 cm³/mol. The van der Waals surface area contributed by atoms with Gasteiger partial charge in [0, 0.05) is 11.7 Å². The lowest BCUT2D eigenvalue weighted by Gasteiger charge is -2.40. The van der Waals surface area contributed by atoms with Gasteiger partial charge in [0.15, 0.2) is 0 Å². The number of hydrogen-bond acceptors (Lipinski definition) is 1. The Morgan fingerprint density at radius 3 is 2.61 bits per heavy atom. The fourth-order valence-electron chi connectivity index (χ4n) is 3.65. The van der Waals surface area contributed by atoms with Crippen LogP contribution in [0.5, 0.6) is 0 Å². The summed E-state index contributed by atoms with van der Waals surface area (Å²) in [6.07, 6.45) is 5.06. The first-order valence-electron chi connectivity index (χ1n) is 7.34. The van der Waals surface area contributed by atoms with Crippen LogP contribution in [0.3, 0.4) is 0 Å². The number of para-hydroxylation sites is 1. The monoisotopic (exact) mass is 245 g/mol. The van der Waals surface area contributed by atoms with Crippen molar-refractivity contribution < 1.29 is 0 Å². The third kappa shape index (κ3) is 3.28. The molecule has 18 heavy (non-hydrogen) atoms. The molecular weight excluding hydrogens is 218 g/mol. The molecule has 1 saturated carbocycles. The molecule has 1 aliphatic rings. The molecule has 0 aliphatic heterocycles. The lowest BCUT2D eigenvalue weighted by atomic mass is 9.70. The number of hydrogen-bond donors (Lipinski definition) is 1. The predicted octanol–water partition coefficient (Wildman–Crippen LogP) is 4.88. The summed E-state index contributed by atoms with van der Waals surface area (Å²) >= 11 is 0. The average Bonchev–Trinajstić information content (AvgIpc) is 2.27. The molecule has 2 rings (SSSR count). The van der Waals surface area contributed by atoms with E-state index in [1.165, 1.54) is 30.5 Å². The van der Waals surface area contributed by atoms with Crippen LogP contribution >= 0.6 is 0 Å². The second kappa shape index (κ2) is 5.34. The molecule has 0 radical (unpaired) electrons. The van der Waals surface area contributed by atoms with E-state index in [9.17, 15) is 0 Å². The van der Waals surface area contributed by atoms with Crippen LogP contribution in [0.1, 0.15) is 52.5 Å². The highest BCUT2D eigenvalue weighted by molar-refractivity contribution is 5.51. The van der Waals surface area contributed by atoms with E-state index in [1.54, 1.807) is 0 Å². The molecule has 2 atom stereocenters. The quantitative estimate of drug-likeness (QED) is 0.800. The maximum Gasteiger partial charge on any atom is 0.0374 e. The van der Waals surface area contributed by atoms with Gasteiger partial charge < -0.3 is 5.32 Å². The van der Waals surface area contributed by atoms with Crippen molar-refractivity contribution in [2.75, 3.05) is 5.32 Å². The van der Waals surface area contributed by atoms with Crippen LogP contribution in [-0.2, 0) is 6.42 Å². The Kier molecular flexibility index (Phi) is 3.99. The van der Waals surface area contributed by atoms with Crippen LogP contribution in [0, 0.1) is 11.3 Å². The van der Waals surface area contributed by atoms with Crippen LogP contribution in [0.2, 0.25) is 0 Å². The molecule has 0 spiro atoms. The van der Waals surface area contributed by atoms with Crippen molar-refractivity contribution in [1.29, 1.82) is 0 Å². The number of anilines is 1.